The molecule has 0 radical (unpaired) electrons. The summed E-state index contributed by atoms with van der Waals surface area (Å²) >= 11 is 0. The number of carbonyl (C=O) groups excluding carboxylic acids is 2. The van der Waals surface area contributed by atoms with Gasteiger partial charge in [0.25, 0.3) is 5.91 Å². The Kier molecular flexibility index (Phi) is 6.14. The maximum absolute atomic E-state index is 12.7. The van der Waals surface area contributed by atoms with Crippen LogP contribution in [0.3, 0.4) is 0 Å². The highest BCUT2D eigenvalue weighted by Gasteiger charge is 2.23. The van der Waals surface area contributed by atoms with Crippen molar-refractivity contribution in [3.05, 3.63) is 59.0 Å². The van der Waals surface area contributed by atoms with Crippen molar-refractivity contribution in [3.8, 4) is 0 Å². The van der Waals surface area contributed by atoms with Gasteiger partial charge in [0.15, 0.2) is 5.58 Å². The van der Waals surface area contributed by atoms with E-state index in [9.17, 15) is 9.59 Å². The Balaban J connectivity index is 1.34. The summed E-state index contributed by atoms with van der Waals surface area (Å²) in [5, 5.41) is 3.03. The monoisotopic (exact) mass is 435 g/mol. The molecule has 8 heteroatoms. The van der Waals surface area contributed by atoms with Crippen molar-refractivity contribution in [1.29, 1.82) is 0 Å². The second-order valence-corrected chi connectivity index (χ2v) is 8.43. The van der Waals surface area contributed by atoms with Gasteiger partial charge in [-0.15, -0.1) is 0 Å². The van der Waals surface area contributed by atoms with Crippen molar-refractivity contribution in [2.45, 2.75) is 20.4 Å². The second-order valence-electron chi connectivity index (χ2n) is 8.43. The van der Waals surface area contributed by atoms with Gasteiger partial charge in [-0.2, -0.15) is 0 Å². The van der Waals surface area contributed by atoms with Gasteiger partial charge >= 0.3 is 6.03 Å². The third-order valence-corrected chi connectivity index (χ3v) is 5.95. The molecular formula is C24H29N5O3. The first-order valence-electron chi connectivity index (χ1n) is 10.8. The van der Waals surface area contributed by atoms with Crippen LogP contribution in [0.4, 0.5) is 10.5 Å². The first-order chi connectivity index (χ1) is 15.3. The molecule has 2 aromatic carbocycles. The van der Waals surface area contributed by atoms with Crippen LogP contribution in [0.5, 0.6) is 0 Å². The number of nitrogens with zero attached hydrogens (tertiary/aromatic N) is 4. The molecule has 0 saturated carbocycles. The van der Waals surface area contributed by atoms with Gasteiger partial charge in [-0.25, -0.2) is 9.78 Å². The molecular weight excluding hydrogens is 406 g/mol. The van der Waals surface area contributed by atoms with Crippen molar-refractivity contribution in [1.82, 2.24) is 19.7 Å². The number of aromatic nitrogens is 1. The number of urea groups is 1. The maximum Gasteiger partial charge on any atom is 0.321 e. The molecule has 2 heterocycles. The molecule has 0 unspecified atom stereocenters. The zero-order valence-electron chi connectivity index (χ0n) is 19.0. The van der Waals surface area contributed by atoms with Gasteiger partial charge in [-0.3, -0.25) is 9.69 Å². The van der Waals surface area contributed by atoms with E-state index in [1.54, 1.807) is 32.3 Å². The molecule has 4 rings (SSSR count). The highest BCUT2D eigenvalue weighted by Crippen LogP contribution is 2.21. The molecule has 168 valence electrons. The number of amides is 3. The Morgan fingerprint density at radius 3 is 2.56 bits per heavy atom. The number of carbonyl (C=O) groups is 2. The summed E-state index contributed by atoms with van der Waals surface area (Å²) in [5.41, 5.74) is 5.04. The number of hydrogen-bond donors (Lipinski definition) is 1. The Hall–Kier alpha value is -3.39. The predicted octanol–water partition coefficient (Wildman–Crippen LogP) is 3.50. The van der Waals surface area contributed by atoms with Crippen molar-refractivity contribution in [2.24, 2.45) is 0 Å². The van der Waals surface area contributed by atoms with Crippen LogP contribution in [0.1, 0.15) is 27.4 Å². The number of fused-ring (bicyclic) bond motifs is 1. The third-order valence-electron chi connectivity index (χ3n) is 5.95. The van der Waals surface area contributed by atoms with Crippen molar-refractivity contribution >= 4 is 28.7 Å². The van der Waals surface area contributed by atoms with Gasteiger partial charge in [-0.1, -0.05) is 12.1 Å². The molecule has 3 amide bonds. The summed E-state index contributed by atoms with van der Waals surface area (Å²) in [7, 11) is 3.45. The standard InChI is InChI=1S/C24H29N5O3/c1-16-6-5-7-19(17(16)2)26-24(31)29-12-10-28(11-13-29)15-22-25-20-14-18(23(30)27(3)4)8-9-21(20)32-22/h5-9,14H,10-13,15H2,1-4H3,(H,26,31). The summed E-state index contributed by atoms with van der Waals surface area (Å²) in [5.74, 6) is 0.550. The van der Waals surface area contributed by atoms with Crippen LogP contribution in [-0.2, 0) is 6.54 Å². The average molecular weight is 436 g/mol. The van der Waals surface area contributed by atoms with Crippen molar-refractivity contribution in [2.75, 3.05) is 45.6 Å². The number of anilines is 1. The van der Waals surface area contributed by atoms with Crippen LogP contribution in [0.15, 0.2) is 40.8 Å². The van der Waals surface area contributed by atoms with E-state index in [-0.39, 0.29) is 11.9 Å². The van der Waals surface area contributed by atoms with Gasteiger partial charge in [0.1, 0.15) is 5.52 Å². The highest BCUT2D eigenvalue weighted by atomic mass is 16.3. The molecule has 1 N–H and O–H groups in total. The summed E-state index contributed by atoms with van der Waals surface area (Å²) in [6.45, 7) is 7.38. The topological polar surface area (TPSA) is 81.9 Å². The minimum Gasteiger partial charge on any atom is -0.439 e. The van der Waals surface area contributed by atoms with Gasteiger partial charge in [0, 0.05) is 51.5 Å². The molecule has 1 aliphatic heterocycles. The van der Waals surface area contributed by atoms with Crippen LogP contribution in [0, 0.1) is 13.8 Å². The van der Waals surface area contributed by atoms with Crippen LogP contribution >= 0.6 is 0 Å². The third kappa shape index (κ3) is 4.60. The van der Waals surface area contributed by atoms with Gasteiger partial charge in [0.05, 0.1) is 6.54 Å². The van der Waals surface area contributed by atoms with E-state index in [4.69, 9.17) is 4.42 Å². The molecule has 1 fully saturated rings. The van der Waals surface area contributed by atoms with E-state index in [0.29, 0.717) is 42.2 Å². The minimum atomic E-state index is -0.0710. The number of nitrogens with one attached hydrogen (secondary N) is 1. The van der Waals surface area contributed by atoms with E-state index in [2.05, 4.69) is 15.2 Å². The van der Waals surface area contributed by atoms with Crippen LogP contribution in [0.25, 0.3) is 11.1 Å². The minimum absolute atomic E-state index is 0.0632. The Morgan fingerprint density at radius 2 is 1.84 bits per heavy atom. The molecule has 1 aliphatic rings. The fourth-order valence-corrected chi connectivity index (χ4v) is 3.82. The average Bonchev–Trinajstić information content (AvgIpc) is 3.18. The van der Waals surface area contributed by atoms with E-state index in [1.807, 2.05) is 36.9 Å². The van der Waals surface area contributed by atoms with Crippen LogP contribution in [-0.4, -0.2) is 71.9 Å². The summed E-state index contributed by atoms with van der Waals surface area (Å²) < 4.78 is 5.87. The zero-order chi connectivity index (χ0) is 22.8. The molecule has 3 aromatic rings. The van der Waals surface area contributed by atoms with Crippen LogP contribution < -0.4 is 5.32 Å². The lowest BCUT2D eigenvalue weighted by Crippen LogP contribution is -2.49. The van der Waals surface area contributed by atoms with Gasteiger partial charge in [0.2, 0.25) is 5.89 Å². The quantitative estimate of drug-likeness (QED) is 0.678. The van der Waals surface area contributed by atoms with Crippen LogP contribution in [0.2, 0.25) is 0 Å². The largest absolute Gasteiger partial charge is 0.439 e. The first-order valence-corrected chi connectivity index (χ1v) is 10.8. The maximum atomic E-state index is 12.7. The predicted molar refractivity (Wildman–Crippen MR) is 124 cm³/mol. The van der Waals surface area contributed by atoms with Gasteiger partial charge < -0.3 is 19.5 Å². The molecule has 0 aliphatic carbocycles. The number of aryl methyl sites for hydroxylation is 1. The normalized spacial score (nSPS) is 14.6. The molecule has 32 heavy (non-hydrogen) atoms. The molecule has 1 aromatic heterocycles. The fourth-order valence-electron chi connectivity index (χ4n) is 3.82. The van der Waals surface area contributed by atoms with Crippen molar-refractivity contribution in [3.63, 3.8) is 0 Å². The molecule has 8 nitrogen and oxygen atoms in total. The summed E-state index contributed by atoms with van der Waals surface area (Å²) in [6.07, 6.45) is 0. The highest BCUT2D eigenvalue weighted by molar-refractivity contribution is 5.96. The first kappa shape index (κ1) is 21.8. The number of benzene rings is 2. The van der Waals surface area contributed by atoms with Crippen molar-refractivity contribution < 1.29 is 14.0 Å². The lowest BCUT2D eigenvalue weighted by Gasteiger charge is -2.34. The number of piperazine rings is 1. The molecule has 1 saturated heterocycles. The Labute approximate surface area is 187 Å². The SMILES string of the molecule is Cc1cccc(NC(=O)N2CCN(Cc3nc4cc(C(=O)N(C)C)ccc4o3)CC2)c1C. The van der Waals surface area contributed by atoms with E-state index in [1.165, 1.54) is 4.90 Å². The zero-order valence-corrected chi connectivity index (χ0v) is 19.0. The van der Waals surface area contributed by atoms with E-state index in [0.717, 1.165) is 29.9 Å². The number of rotatable bonds is 4. The fraction of sp³-hybridized carbons (Fsp3) is 0.375. The second kappa shape index (κ2) is 9.00. The molecule has 0 bridgehead atoms. The van der Waals surface area contributed by atoms with Gasteiger partial charge in [-0.05, 0) is 49.2 Å². The lowest BCUT2D eigenvalue weighted by molar-refractivity contribution is 0.0827. The summed E-state index contributed by atoms with van der Waals surface area (Å²) in [4.78, 5) is 35.0. The van der Waals surface area contributed by atoms with E-state index >= 15 is 0 Å². The number of oxazole rings is 1. The Bertz CT molecular complexity index is 1150. The smallest absolute Gasteiger partial charge is 0.321 e. The molecule has 0 atom stereocenters. The molecule has 0 spiro atoms. The Morgan fingerprint density at radius 1 is 1.09 bits per heavy atom. The number of hydrogen-bond acceptors (Lipinski definition) is 5. The summed E-state index contributed by atoms with van der Waals surface area (Å²) in [6, 6.07) is 11.2. The lowest BCUT2D eigenvalue weighted by atomic mass is 10.1. The van der Waals surface area contributed by atoms with E-state index < -0.39 is 0 Å².